The fraction of sp³-hybridized carbons (Fsp3) is 0.600. The van der Waals surface area contributed by atoms with Gasteiger partial charge >= 0.3 is 0 Å². The second-order valence-corrected chi connectivity index (χ2v) is 1.23. The number of ether oxygens (including phenoxy) is 1. The topological polar surface area (TPSA) is 26.3 Å². The van der Waals surface area contributed by atoms with Crippen molar-refractivity contribution in [2.75, 3.05) is 7.11 Å². The maximum Gasteiger partial charge on any atom is 0.205 e. The van der Waals surface area contributed by atoms with Crippen LogP contribution in [0.1, 0.15) is 6.92 Å². The van der Waals surface area contributed by atoms with E-state index in [0.29, 0.717) is 0 Å². The molecule has 0 aromatic rings. The molecule has 0 N–H and O–H groups in total. The van der Waals surface area contributed by atoms with Crippen molar-refractivity contribution in [3.8, 4) is 0 Å². The number of hydrogen-bond donors (Lipinski definition) is 0. The van der Waals surface area contributed by atoms with Gasteiger partial charge in [-0.3, -0.25) is 4.79 Å². The van der Waals surface area contributed by atoms with Gasteiger partial charge in [0.15, 0.2) is 0 Å². The monoisotopic (exact) mass is 100 g/mol. The van der Waals surface area contributed by atoms with Gasteiger partial charge in [0.25, 0.3) is 0 Å². The second kappa shape index (κ2) is 3.81. The molecule has 0 rings (SSSR count). The van der Waals surface area contributed by atoms with Crippen molar-refractivity contribution in [3.63, 3.8) is 0 Å². The highest BCUT2D eigenvalue weighted by atomic mass is 16.5. The Bertz CT molecular complexity index is 52.0. The quantitative estimate of drug-likeness (QED) is 0.511. The molecule has 0 bridgehead atoms. The minimum Gasteiger partial charge on any atom is -0.381 e. The Hall–Kier alpha value is -0.370. The van der Waals surface area contributed by atoms with E-state index in [2.05, 4.69) is 4.74 Å². The third-order valence-electron chi connectivity index (χ3n) is 0.675. The molecule has 2 radical (unpaired) electrons. The molecule has 0 fully saturated rings. The lowest BCUT2D eigenvalue weighted by molar-refractivity contribution is 0.148. The number of hydrogen-bond acceptors (Lipinski definition) is 2. The lowest BCUT2D eigenvalue weighted by atomic mass is 10.3. The van der Waals surface area contributed by atoms with Gasteiger partial charge in [0.2, 0.25) is 6.29 Å². The summed E-state index contributed by atoms with van der Waals surface area (Å²) in [7, 11) is 1.54. The fourth-order valence-electron chi connectivity index (χ4n) is 0.164. The van der Waals surface area contributed by atoms with Crippen molar-refractivity contribution in [2.24, 2.45) is 0 Å². The average Bonchev–Trinajstić information content (AvgIpc) is 1.68. The lowest BCUT2D eigenvalue weighted by Crippen LogP contribution is -2.04. The Balaban J connectivity index is 2.98. The number of carbonyl (C=O) groups excluding carboxylic acids is 1. The maximum absolute atomic E-state index is 9.51. The summed E-state index contributed by atoms with van der Waals surface area (Å²) < 4.78 is 4.67. The predicted octanol–water partition coefficient (Wildman–Crippen LogP) is 0.335. The summed E-state index contributed by atoms with van der Waals surface area (Å²) in [4.78, 5) is 9.51. The molecule has 0 aliphatic carbocycles. The third kappa shape index (κ3) is 3.46. The van der Waals surface area contributed by atoms with Gasteiger partial charge in [-0.2, -0.15) is 0 Å². The SMILES string of the molecule is CO[C@H](C)[CH][C]=O. The van der Waals surface area contributed by atoms with Gasteiger partial charge in [-0.05, 0) is 6.92 Å². The minimum absolute atomic E-state index is 0.0995. The molecule has 1 atom stereocenters. The van der Waals surface area contributed by atoms with Crippen LogP contribution in [0.4, 0.5) is 0 Å². The van der Waals surface area contributed by atoms with E-state index in [1.54, 1.807) is 20.3 Å². The molecular weight excluding hydrogens is 92.1 g/mol. The van der Waals surface area contributed by atoms with E-state index in [-0.39, 0.29) is 6.10 Å². The Morgan fingerprint density at radius 3 is 2.57 bits per heavy atom. The molecule has 0 aliphatic heterocycles. The second-order valence-electron chi connectivity index (χ2n) is 1.23. The van der Waals surface area contributed by atoms with Crippen molar-refractivity contribution in [1.82, 2.24) is 0 Å². The largest absolute Gasteiger partial charge is 0.381 e. The highest BCUT2D eigenvalue weighted by Crippen LogP contribution is 1.87. The van der Waals surface area contributed by atoms with E-state index in [9.17, 15) is 4.79 Å². The van der Waals surface area contributed by atoms with Crippen molar-refractivity contribution in [3.05, 3.63) is 6.42 Å². The van der Waals surface area contributed by atoms with Crippen molar-refractivity contribution < 1.29 is 9.53 Å². The first-order valence-electron chi connectivity index (χ1n) is 2.05. The molecule has 0 aromatic heterocycles. The van der Waals surface area contributed by atoms with Crippen LogP contribution in [-0.2, 0) is 9.53 Å². The van der Waals surface area contributed by atoms with Gasteiger partial charge in [0.1, 0.15) is 0 Å². The smallest absolute Gasteiger partial charge is 0.205 e. The number of rotatable bonds is 3. The Morgan fingerprint density at radius 1 is 1.86 bits per heavy atom. The molecule has 0 spiro atoms. The van der Waals surface area contributed by atoms with Crippen LogP contribution in [0, 0.1) is 6.42 Å². The summed E-state index contributed by atoms with van der Waals surface area (Å²) in [5, 5.41) is 0. The zero-order valence-electron chi connectivity index (χ0n) is 4.47. The Kier molecular flexibility index (Phi) is 3.61. The first-order chi connectivity index (χ1) is 3.31. The van der Waals surface area contributed by atoms with Gasteiger partial charge in [0.05, 0.1) is 12.5 Å². The van der Waals surface area contributed by atoms with E-state index in [1.165, 1.54) is 6.42 Å². The maximum atomic E-state index is 9.51. The molecule has 0 unspecified atom stereocenters. The van der Waals surface area contributed by atoms with Crippen LogP contribution in [0.25, 0.3) is 0 Å². The van der Waals surface area contributed by atoms with Crippen molar-refractivity contribution in [2.45, 2.75) is 13.0 Å². The van der Waals surface area contributed by atoms with E-state index < -0.39 is 0 Å². The molecule has 0 saturated heterocycles. The first kappa shape index (κ1) is 6.63. The summed E-state index contributed by atoms with van der Waals surface area (Å²) in [6, 6.07) is 0. The zero-order chi connectivity index (χ0) is 5.70. The summed E-state index contributed by atoms with van der Waals surface area (Å²) in [5.41, 5.74) is 0. The van der Waals surface area contributed by atoms with Crippen molar-refractivity contribution in [1.29, 1.82) is 0 Å². The van der Waals surface area contributed by atoms with Crippen LogP contribution in [0.2, 0.25) is 0 Å². The third-order valence-corrected chi connectivity index (χ3v) is 0.675. The fourth-order valence-corrected chi connectivity index (χ4v) is 0.164. The van der Waals surface area contributed by atoms with E-state index in [0.717, 1.165) is 0 Å². The highest BCUT2D eigenvalue weighted by molar-refractivity contribution is 5.62. The molecule has 0 saturated carbocycles. The van der Waals surface area contributed by atoms with Gasteiger partial charge < -0.3 is 4.74 Å². The molecule has 2 nitrogen and oxygen atoms in total. The number of methoxy groups -OCH3 is 1. The van der Waals surface area contributed by atoms with Crippen molar-refractivity contribution >= 4 is 6.29 Å². The first-order valence-corrected chi connectivity index (χ1v) is 2.05. The van der Waals surface area contributed by atoms with Gasteiger partial charge in [-0.1, -0.05) is 0 Å². The van der Waals surface area contributed by atoms with Gasteiger partial charge in [-0.15, -0.1) is 0 Å². The van der Waals surface area contributed by atoms with E-state index in [1.807, 2.05) is 0 Å². The van der Waals surface area contributed by atoms with E-state index in [4.69, 9.17) is 0 Å². The summed E-state index contributed by atoms with van der Waals surface area (Å²) in [6.45, 7) is 1.77. The standard InChI is InChI=1S/C5H8O2/c1-5(7-2)3-4-6/h3,5H,1-2H3/t5-/m1/s1. The van der Waals surface area contributed by atoms with E-state index >= 15 is 0 Å². The molecule has 0 amide bonds. The lowest BCUT2D eigenvalue weighted by Gasteiger charge is -1.99. The summed E-state index contributed by atoms with van der Waals surface area (Å²) in [6.07, 6.45) is 2.84. The molecule has 0 aromatic carbocycles. The van der Waals surface area contributed by atoms with Crippen LogP contribution >= 0.6 is 0 Å². The normalized spacial score (nSPS) is 13.4. The molecule has 40 valence electrons. The molecule has 7 heavy (non-hydrogen) atoms. The molecule has 2 heteroatoms. The molecule has 0 heterocycles. The minimum atomic E-state index is -0.0995. The molecular formula is C5H8O2. The Labute approximate surface area is 43.5 Å². The average molecular weight is 100 g/mol. The summed E-state index contributed by atoms with van der Waals surface area (Å²) in [5.74, 6) is 0. The van der Waals surface area contributed by atoms with Crippen LogP contribution in [0.15, 0.2) is 0 Å². The van der Waals surface area contributed by atoms with Crippen LogP contribution in [0.3, 0.4) is 0 Å². The van der Waals surface area contributed by atoms with Crippen LogP contribution < -0.4 is 0 Å². The Morgan fingerprint density at radius 2 is 2.43 bits per heavy atom. The van der Waals surface area contributed by atoms with Crippen LogP contribution in [-0.4, -0.2) is 19.5 Å². The van der Waals surface area contributed by atoms with Gasteiger partial charge in [-0.25, -0.2) is 0 Å². The predicted molar refractivity (Wildman–Crippen MR) is 26.5 cm³/mol. The highest BCUT2D eigenvalue weighted by Gasteiger charge is 1.95. The molecule has 0 aliphatic rings. The summed E-state index contributed by atoms with van der Waals surface area (Å²) >= 11 is 0. The van der Waals surface area contributed by atoms with Gasteiger partial charge in [0, 0.05) is 7.11 Å². The zero-order valence-corrected chi connectivity index (χ0v) is 4.47. The van der Waals surface area contributed by atoms with Crippen LogP contribution in [0.5, 0.6) is 0 Å².